The van der Waals surface area contributed by atoms with Crippen LogP contribution in [0.15, 0.2) is 0 Å². The van der Waals surface area contributed by atoms with Crippen molar-refractivity contribution < 1.29 is 4.79 Å². The van der Waals surface area contributed by atoms with Gasteiger partial charge in [0.1, 0.15) is 0 Å². The Morgan fingerprint density at radius 1 is 1.09 bits per heavy atom. The van der Waals surface area contributed by atoms with Crippen molar-refractivity contribution in [3.63, 3.8) is 0 Å². The molecule has 1 amide bonds. The molecule has 2 N–H and O–H groups in total. The lowest BCUT2D eigenvalue weighted by Gasteiger charge is -2.33. The van der Waals surface area contributed by atoms with Crippen molar-refractivity contribution in [3.05, 3.63) is 0 Å². The summed E-state index contributed by atoms with van der Waals surface area (Å²) in [6.07, 6.45) is 10.8. The fourth-order valence-electron chi connectivity index (χ4n) is 4.85. The first-order chi connectivity index (χ1) is 10.1. The molecule has 2 aliphatic heterocycles. The maximum Gasteiger partial charge on any atom is 0.220 e. The van der Waals surface area contributed by atoms with Gasteiger partial charge >= 0.3 is 0 Å². The van der Waals surface area contributed by atoms with E-state index < -0.39 is 0 Å². The van der Waals surface area contributed by atoms with E-state index in [1.807, 2.05) is 0 Å². The van der Waals surface area contributed by atoms with Crippen LogP contribution in [0.3, 0.4) is 0 Å². The molecule has 0 radical (unpaired) electrons. The summed E-state index contributed by atoms with van der Waals surface area (Å²) >= 11 is 0. The van der Waals surface area contributed by atoms with Gasteiger partial charge in [0.15, 0.2) is 0 Å². The molecule has 2 heterocycles. The molecule has 4 unspecified atom stereocenters. The van der Waals surface area contributed by atoms with E-state index in [4.69, 9.17) is 0 Å². The largest absolute Gasteiger partial charge is 0.353 e. The average Bonchev–Trinajstić information content (AvgIpc) is 2.78. The molecular formula is C18H33ClN2O. The van der Waals surface area contributed by atoms with Gasteiger partial charge in [-0.25, -0.2) is 0 Å². The minimum absolute atomic E-state index is 0. The molecule has 0 aromatic carbocycles. The highest BCUT2D eigenvalue weighted by atomic mass is 35.5. The van der Waals surface area contributed by atoms with Gasteiger partial charge in [-0.05, 0) is 56.3 Å². The number of amides is 1. The topological polar surface area (TPSA) is 41.1 Å². The zero-order valence-corrected chi connectivity index (χ0v) is 15.0. The molecule has 0 spiro atoms. The first-order valence-corrected chi connectivity index (χ1v) is 9.15. The van der Waals surface area contributed by atoms with E-state index >= 15 is 0 Å². The molecule has 0 aromatic heterocycles. The van der Waals surface area contributed by atoms with E-state index in [1.165, 1.54) is 51.4 Å². The number of halogens is 1. The smallest absolute Gasteiger partial charge is 0.220 e. The van der Waals surface area contributed by atoms with Crippen molar-refractivity contribution in [1.82, 2.24) is 10.6 Å². The average molecular weight is 329 g/mol. The standard InChI is InChI=1S/C18H32N2O.ClH/c1-12(2)14-4-3-5-15(11-14)20-18(21)10-13-8-16-6-7-17(9-13)19-16;/h12-17,19H,3-11H2,1-2H3,(H,20,21);1H. The summed E-state index contributed by atoms with van der Waals surface area (Å²) in [5.74, 6) is 2.49. The second kappa shape index (κ2) is 8.01. The highest BCUT2D eigenvalue weighted by Gasteiger charge is 2.34. The molecule has 2 bridgehead atoms. The maximum atomic E-state index is 12.4. The van der Waals surface area contributed by atoms with Crippen LogP contribution in [-0.2, 0) is 4.79 Å². The summed E-state index contributed by atoms with van der Waals surface area (Å²) in [5, 5.41) is 7.00. The van der Waals surface area contributed by atoms with Crippen molar-refractivity contribution in [3.8, 4) is 0 Å². The lowest BCUT2D eigenvalue weighted by molar-refractivity contribution is -0.123. The summed E-state index contributed by atoms with van der Waals surface area (Å²) in [5.41, 5.74) is 0. The third kappa shape index (κ3) is 4.61. The number of carbonyl (C=O) groups excluding carboxylic acids is 1. The molecular weight excluding hydrogens is 296 g/mol. The predicted octanol–water partition coefficient (Wildman–Crippen LogP) is 3.66. The van der Waals surface area contributed by atoms with Gasteiger partial charge in [0.05, 0.1) is 0 Å². The van der Waals surface area contributed by atoms with Gasteiger partial charge in [0.25, 0.3) is 0 Å². The quantitative estimate of drug-likeness (QED) is 0.827. The highest BCUT2D eigenvalue weighted by Crippen LogP contribution is 2.33. The Labute approximate surface area is 141 Å². The van der Waals surface area contributed by atoms with E-state index in [0.29, 0.717) is 30.0 Å². The normalized spacial score (nSPS) is 37.7. The van der Waals surface area contributed by atoms with Crippen LogP contribution in [0.5, 0.6) is 0 Å². The van der Waals surface area contributed by atoms with Crippen LogP contribution in [0.1, 0.15) is 71.6 Å². The second-order valence-electron chi connectivity index (χ2n) is 8.11. The third-order valence-electron chi connectivity index (χ3n) is 6.07. The van der Waals surface area contributed by atoms with Crippen molar-refractivity contribution in [2.75, 3.05) is 0 Å². The van der Waals surface area contributed by atoms with E-state index in [0.717, 1.165) is 18.3 Å². The van der Waals surface area contributed by atoms with Gasteiger partial charge in [-0.2, -0.15) is 0 Å². The Bertz CT molecular complexity index is 362. The molecule has 3 aliphatic rings. The van der Waals surface area contributed by atoms with Crippen LogP contribution in [0.25, 0.3) is 0 Å². The molecule has 4 atom stereocenters. The van der Waals surface area contributed by atoms with E-state index in [2.05, 4.69) is 24.5 Å². The number of carbonyl (C=O) groups is 1. The monoisotopic (exact) mass is 328 g/mol. The Kier molecular flexibility index (Phi) is 6.58. The van der Waals surface area contributed by atoms with Crippen LogP contribution in [-0.4, -0.2) is 24.0 Å². The molecule has 3 fully saturated rings. The summed E-state index contributed by atoms with van der Waals surface area (Å²) in [6, 6.07) is 1.83. The lowest BCUT2D eigenvalue weighted by atomic mass is 9.79. The molecule has 128 valence electrons. The Morgan fingerprint density at radius 3 is 2.41 bits per heavy atom. The van der Waals surface area contributed by atoms with Crippen LogP contribution in [0, 0.1) is 17.8 Å². The lowest BCUT2D eigenvalue weighted by Crippen LogP contribution is -2.42. The van der Waals surface area contributed by atoms with Gasteiger partial charge in [-0.15, -0.1) is 12.4 Å². The minimum atomic E-state index is 0. The first kappa shape index (κ1) is 18.1. The molecule has 22 heavy (non-hydrogen) atoms. The van der Waals surface area contributed by atoms with Crippen LogP contribution < -0.4 is 10.6 Å². The SMILES string of the molecule is CC(C)C1CCCC(NC(=O)CC2CC3CCC(C2)N3)C1.Cl. The Balaban J connectivity index is 0.00000176. The number of fused-ring (bicyclic) bond motifs is 2. The minimum Gasteiger partial charge on any atom is -0.353 e. The summed E-state index contributed by atoms with van der Waals surface area (Å²) in [6.45, 7) is 4.64. The summed E-state index contributed by atoms with van der Waals surface area (Å²) in [7, 11) is 0. The fourth-order valence-corrected chi connectivity index (χ4v) is 4.85. The van der Waals surface area contributed by atoms with Gasteiger partial charge in [0.2, 0.25) is 5.91 Å². The van der Waals surface area contributed by atoms with Crippen LogP contribution in [0.4, 0.5) is 0 Å². The van der Waals surface area contributed by atoms with E-state index in [-0.39, 0.29) is 12.4 Å². The number of hydrogen-bond donors (Lipinski definition) is 2. The third-order valence-corrected chi connectivity index (χ3v) is 6.07. The highest BCUT2D eigenvalue weighted by molar-refractivity contribution is 5.85. The number of rotatable bonds is 4. The molecule has 2 saturated heterocycles. The molecule has 1 aliphatic carbocycles. The maximum absolute atomic E-state index is 12.4. The number of nitrogens with one attached hydrogen (secondary N) is 2. The molecule has 3 rings (SSSR count). The second-order valence-corrected chi connectivity index (χ2v) is 8.11. The molecule has 3 nitrogen and oxygen atoms in total. The summed E-state index contributed by atoms with van der Waals surface area (Å²) in [4.78, 5) is 12.4. The van der Waals surface area contributed by atoms with Gasteiger partial charge < -0.3 is 10.6 Å². The first-order valence-electron chi connectivity index (χ1n) is 9.15. The van der Waals surface area contributed by atoms with Crippen molar-refractivity contribution in [2.45, 2.75) is 89.8 Å². The zero-order valence-electron chi connectivity index (χ0n) is 14.1. The fraction of sp³-hybridized carbons (Fsp3) is 0.944. The van der Waals surface area contributed by atoms with Gasteiger partial charge in [-0.3, -0.25) is 4.79 Å². The van der Waals surface area contributed by atoms with Crippen LogP contribution in [0.2, 0.25) is 0 Å². The predicted molar refractivity (Wildman–Crippen MR) is 93.3 cm³/mol. The van der Waals surface area contributed by atoms with Gasteiger partial charge in [0, 0.05) is 24.5 Å². The van der Waals surface area contributed by atoms with Crippen molar-refractivity contribution in [2.24, 2.45) is 17.8 Å². The number of piperidine rings is 1. The van der Waals surface area contributed by atoms with Crippen molar-refractivity contribution >= 4 is 18.3 Å². The molecule has 0 aromatic rings. The van der Waals surface area contributed by atoms with Crippen LogP contribution >= 0.6 is 12.4 Å². The van der Waals surface area contributed by atoms with Crippen molar-refractivity contribution in [1.29, 1.82) is 0 Å². The molecule has 1 saturated carbocycles. The van der Waals surface area contributed by atoms with E-state index in [1.54, 1.807) is 0 Å². The Morgan fingerprint density at radius 2 is 1.77 bits per heavy atom. The number of hydrogen-bond acceptors (Lipinski definition) is 2. The van der Waals surface area contributed by atoms with Gasteiger partial charge in [-0.1, -0.05) is 26.7 Å². The zero-order chi connectivity index (χ0) is 14.8. The molecule has 4 heteroatoms. The summed E-state index contributed by atoms with van der Waals surface area (Å²) < 4.78 is 0. The van der Waals surface area contributed by atoms with E-state index in [9.17, 15) is 4.79 Å². The Hall–Kier alpha value is -0.280.